The molecule has 1 amide bonds. The van der Waals surface area contributed by atoms with Crippen LogP contribution in [0.25, 0.3) is 0 Å². The summed E-state index contributed by atoms with van der Waals surface area (Å²) >= 11 is 1.58. The Labute approximate surface area is 119 Å². The number of carboxylic acids is 2. The largest absolute Gasteiger partial charge is 0.480 e. The first-order chi connectivity index (χ1) is 9.49. The van der Waals surface area contributed by atoms with Gasteiger partial charge >= 0.3 is 11.9 Å². The van der Waals surface area contributed by atoms with E-state index in [1.807, 2.05) is 11.4 Å². The van der Waals surface area contributed by atoms with Crippen molar-refractivity contribution in [2.75, 3.05) is 13.1 Å². The molecule has 0 fully saturated rings. The summed E-state index contributed by atoms with van der Waals surface area (Å²) in [4.78, 5) is 36.1. The molecule has 1 aliphatic rings. The number of nitrogens with zero attached hydrogens (tertiary/aromatic N) is 1. The number of aliphatic carboxylic acids is 2. The molecule has 1 unspecified atom stereocenters. The summed E-state index contributed by atoms with van der Waals surface area (Å²) in [5.74, 6) is -3.24. The van der Waals surface area contributed by atoms with Gasteiger partial charge in [-0.25, -0.2) is 0 Å². The molecule has 108 valence electrons. The zero-order chi connectivity index (χ0) is 14.7. The van der Waals surface area contributed by atoms with Crippen LogP contribution in [0.15, 0.2) is 11.4 Å². The van der Waals surface area contributed by atoms with E-state index in [4.69, 9.17) is 10.2 Å². The van der Waals surface area contributed by atoms with Gasteiger partial charge in [0.1, 0.15) is 13.1 Å². The molecule has 0 aliphatic heterocycles. The highest BCUT2D eigenvalue weighted by molar-refractivity contribution is 7.10. The quantitative estimate of drug-likeness (QED) is 0.850. The number of carboxylic acid groups (broad SMARTS) is 2. The smallest absolute Gasteiger partial charge is 0.323 e. The highest BCUT2D eigenvalue weighted by atomic mass is 32.1. The summed E-state index contributed by atoms with van der Waals surface area (Å²) in [7, 11) is 0. The lowest BCUT2D eigenvalue weighted by molar-refractivity contribution is -0.150. The van der Waals surface area contributed by atoms with Gasteiger partial charge in [-0.1, -0.05) is 0 Å². The van der Waals surface area contributed by atoms with Crippen molar-refractivity contribution in [2.45, 2.75) is 25.2 Å². The van der Waals surface area contributed by atoms with Crippen LogP contribution in [0.3, 0.4) is 0 Å². The Kier molecular flexibility index (Phi) is 4.39. The highest BCUT2D eigenvalue weighted by Gasteiger charge is 2.32. The number of aryl methyl sites for hydroxylation is 1. The SMILES string of the molecule is O=C(O)CN(CC(=O)O)C(=O)C1CCCc2sccc21. The summed E-state index contributed by atoms with van der Waals surface area (Å²) in [5, 5.41) is 19.5. The third kappa shape index (κ3) is 3.16. The molecule has 0 radical (unpaired) electrons. The second kappa shape index (κ2) is 6.04. The van der Waals surface area contributed by atoms with Crippen LogP contribution in [0.5, 0.6) is 0 Å². The lowest BCUT2D eigenvalue weighted by atomic mass is 9.86. The first-order valence-corrected chi connectivity index (χ1v) is 7.15. The van der Waals surface area contributed by atoms with Crippen molar-refractivity contribution < 1.29 is 24.6 Å². The summed E-state index contributed by atoms with van der Waals surface area (Å²) < 4.78 is 0. The summed E-state index contributed by atoms with van der Waals surface area (Å²) in [6.45, 7) is -1.16. The fraction of sp³-hybridized carbons (Fsp3) is 0.462. The molecule has 0 aromatic carbocycles. The van der Waals surface area contributed by atoms with Gasteiger partial charge in [-0.2, -0.15) is 0 Å². The first kappa shape index (κ1) is 14.5. The molecule has 1 atom stereocenters. The summed E-state index contributed by atoms with van der Waals surface area (Å²) in [5.41, 5.74) is 0.923. The normalized spacial score (nSPS) is 17.3. The maximum Gasteiger partial charge on any atom is 0.323 e. The van der Waals surface area contributed by atoms with E-state index in [1.165, 1.54) is 0 Å². The predicted octanol–water partition coefficient (Wildman–Crippen LogP) is 1.17. The van der Waals surface area contributed by atoms with E-state index in [-0.39, 0.29) is 0 Å². The lowest BCUT2D eigenvalue weighted by Gasteiger charge is -2.27. The average molecular weight is 297 g/mol. The van der Waals surface area contributed by atoms with Crippen LogP contribution in [0.4, 0.5) is 0 Å². The number of carbonyl (C=O) groups is 3. The molecule has 0 spiro atoms. The van der Waals surface area contributed by atoms with Gasteiger partial charge in [-0.05, 0) is 36.3 Å². The Morgan fingerprint density at radius 1 is 1.25 bits per heavy atom. The van der Waals surface area contributed by atoms with Crippen LogP contribution in [-0.2, 0) is 20.8 Å². The first-order valence-electron chi connectivity index (χ1n) is 6.27. The van der Waals surface area contributed by atoms with Crippen molar-refractivity contribution in [1.82, 2.24) is 4.90 Å². The van der Waals surface area contributed by atoms with E-state index in [9.17, 15) is 14.4 Å². The molecular weight excluding hydrogens is 282 g/mol. The minimum atomic E-state index is -1.21. The second-order valence-corrected chi connectivity index (χ2v) is 5.73. The Bertz CT molecular complexity index is 523. The fourth-order valence-electron chi connectivity index (χ4n) is 2.50. The standard InChI is InChI=1S/C13H15NO5S/c15-11(16)6-14(7-12(17)18)13(19)9-2-1-3-10-8(9)4-5-20-10/h4-5,9H,1-3,6-7H2,(H,15,16)(H,17,18). The zero-order valence-corrected chi connectivity index (χ0v) is 11.6. The Balaban J connectivity index is 2.20. The fourth-order valence-corrected chi connectivity index (χ4v) is 3.49. The van der Waals surface area contributed by atoms with E-state index in [1.54, 1.807) is 11.3 Å². The number of amides is 1. The summed E-state index contributed by atoms with van der Waals surface area (Å²) in [6, 6.07) is 1.88. The molecule has 1 aromatic heterocycles. The Hall–Kier alpha value is -1.89. The molecule has 0 saturated heterocycles. The van der Waals surface area contributed by atoms with E-state index < -0.39 is 36.9 Å². The number of thiophene rings is 1. The van der Waals surface area contributed by atoms with Crippen molar-refractivity contribution in [3.05, 3.63) is 21.9 Å². The number of hydrogen-bond donors (Lipinski definition) is 2. The molecule has 6 nitrogen and oxygen atoms in total. The lowest BCUT2D eigenvalue weighted by Crippen LogP contribution is -2.42. The van der Waals surface area contributed by atoms with E-state index in [0.29, 0.717) is 6.42 Å². The van der Waals surface area contributed by atoms with E-state index in [2.05, 4.69) is 0 Å². The molecule has 1 aromatic rings. The van der Waals surface area contributed by atoms with Crippen molar-refractivity contribution in [1.29, 1.82) is 0 Å². The average Bonchev–Trinajstić information content (AvgIpc) is 2.83. The Morgan fingerprint density at radius 3 is 2.50 bits per heavy atom. The van der Waals surface area contributed by atoms with Crippen LogP contribution in [0, 0.1) is 0 Å². The van der Waals surface area contributed by atoms with Gasteiger partial charge in [0.15, 0.2) is 0 Å². The molecular formula is C13H15NO5S. The van der Waals surface area contributed by atoms with Gasteiger partial charge in [0, 0.05) is 4.88 Å². The molecule has 1 aliphatic carbocycles. The van der Waals surface area contributed by atoms with Crippen LogP contribution in [0.2, 0.25) is 0 Å². The minimum Gasteiger partial charge on any atom is -0.480 e. The number of hydrogen-bond acceptors (Lipinski definition) is 4. The monoisotopic (exact) mass is 297 g/mol. The van der Waals surface area contributed by atoms with Crippen LogP contribution >= 0.6 is 11.3 Å². The molecule has 1 heterocycles. The number of fused-ring (bicyclic) bond motifs is 1. The van der Waals surface area contributed by atoms with Crippen molar-refractivity contribution >= 4 is 29.2 Å². The van der Waals surface area contributed by atoms with Crippen LogP contribution in [-0.4, -0.2) is 46.0 Å². The van der Waals surface area contributed by atoms with Crippen molar-refractivity contribution in [2.24, 2.45) is 0 Å². The predicted molar refractivity (Wildman–Crippen MR) is 71.8 cm³/mol. The molecule has 2 rings (SSSR count). The van der Waals surface area contributed by atoms with Crippen LogP contribution < -0.4 is 0 Å². The number of rotatable bonds is 5. The van der Waals surface area contributed by atoms with Crippen molar-refractivity contribution in [3.8, 4) is 0 Å². The molecule has 7 heteroatoms. The van der Waals surface area contributed by atoms with Gasteiger partial charge in [0.05, 0.1) is 5.92 Å². The van der Waals surface area contributed by atoms with Crippen molar-refractivity contribution in [3.63, 3.8) is 0 Å². The maximum absolute atomic E-state index is 12.4. The third-order valence-corrected chi connectivity index (χ3v) is 4.31. The molecule has 0 saturated carbocycles. The molecule has 2 N–H and O–H groups in total. The second-order valence-electron chi connectivity index (χ2n) is 4.73. The molecule has 20 heavy (non-hydrogen) atoms. The maximum atomic E-state index is 12.4. The van der Waals surface area contributed by atoms with Gasteiger partial charge in [-0.3, -0.25) is 14.4 Å². The van der Waals surface area contributed by atoms with Gasteiger partial charge in [0.25, 0.3) is 0 Å². The topological polar surface area (TPSA) is 94.9 Å². The minimum absolute atomic E-state index is 0.408. The number of carbonyl (C=O) groups excluding carboxylic acids is 1. The van der Waals surface area contributed by atoms with E-state index in [0.717, 1.165) is 28.2 Å². The van der Waals surface area contributed by atoms with Gasteiger partial charge < -0.3 is 15.1 Å². The van der Waals surface area contributed by atoms with Gasteiger partial charge in [-0.15, -0.1) is 11.3 Å². The van der Waals surface area contributed by atoms with Crippen LogP contribution in [0.1, 0.15) is 29.2 Å². The Morgan fingerprint density at radius 2 is 1.90 bits per heavy atom. The van der Waals surface area contributed by atoms with E-state index >= 15 is 0 Å². The highest BCUT2D eigenvalue weighted by Crippen LogP contribution is 2.36. The third-order valence-electron chi connectivity index (χ3n) is 3.31. The zero-order valence-electron chi connectivity index (χ0n) is 10.7. The van der Waals surface area contributed by atoms with Gasteiger partial charge in [0.2, 0.25) is 5.91 Å². The summed E-state index contributed by atoms with van der Waals surface area (Å²) in [6.07, 6.45) is 2.42. The molecule has 0 bridgehead atoms.